The number of guanidine groups is 1. The van der Waals surface area contributed by atoms with Crippen LogP contribution in [0, 0.1) is 5.82 Å². The highest BCUT2D eigenvalue weighted by atomic mass is 35.5. The van der Waals surface area contributed by atoms with E-state index in [0.717, 1.165) is 25.9 Å². The van der Waals surface area contributed by atoms with Gasteiger partial charge in [-0.3, -0.25) is 4.99 Å². The van der Waals surface area contributed by atoms with Crippen LogP contribution in [0.4, 0.5) is 4.39 Å². The minimum atomic E-state index is -0.278. The Bertz CT molecular complexity index is 436. The summed E-state index contributed by atoms with van der Waals surface area (Å²) in [5, 5.41) is 0.451. The molecule has 0 unspecified atom stereocenters. The van der Waals surface area contributed by atoms with Crippen molar-refractivity contribution in [2.75, 3.05) is 19.6 Å². The van der Waals surface area contributed by atoms with Crippen molar-refractivity contribution in [3.8, 4) is 0 Å². The van der Waals surface area contributed by atoms with Crippen molar-refractivity contribution in [2.45, 2.75) is 25.7 Å². The van der Waals surface area contributed by atoms with Crippen LogP contribution in [0.1, 0.15) is 24.8 Å². The zero-order valence-corrected chi connectivity index (χ0v) is 11.7. The van der Waals surface area contributed by atoms with Gasteiger partial charge in [0.15, 0.2) is 5.96 Å². The van der Waals surface area contributed by atoms with Crippen molar-refractivity contribution in [1.82, 2.24) is 4.90 Å². The van der Waals surface area contributed by atoms with Crippen LogP contribution in [0.2, 0.25) is 5.02 Å². The number of hydrogen-bond donors (Lipinski definition) is 1. The molecule has 2 N–H and O–H groups in total. The number of likely N-dealkylation sites (tertiary alicyclic amines) is 1. The van der Waals surface area contributed by atoms with Gasteiger partial charge in [-0.05, 0) is 37.8 Å². The van der Waals surface area contributed by atoms with E-state index in [1.807, 2.05) is 0 Å². The van der Waals surface area contributed by atoms with Gasteiger partial charge < -0.3 is 10.6 Å². The summed E-state index contributed by atoms with van der Waals surface area (Å²) >= 11 is 5.96. The molecule has 0 saturated carbocycles. The molecular formula is C14H19ClFN3. The van der Waals surface area contributed by atoms with Crippen molar-refractivity contribution in [3.05, 3.63) is 34.6 Å². The molecule has 0 amide bonds. The second-order valence-corrected chi connectivity index (χ2v) is 5.15. The Hall–Kier alpha value is -1.29. The maximum Gasteiger partial charge on any atom is 0.191 e. The molecule has 104 valence electrons. The van der Waals surface area contributed by atoms with Gasteiger partial charge in [0, 0.05) is 30.2 Å². The summed E-state index contributed by atoms with van der Waals surface area (Å²) in [5.41, 5.74) is 6.45. The number of nitrogens with two attached hydrogens (primary N) is 1. The van der Waals surface area contributed by atoms with Gasteiger partial charge in [0.1, 0.15) is 5.82 Å². The van der Waals surface area contributed by atoms with E-state index in [4.69, 9.17) is 17.3 Å². The fourth-order valence-electron chi connectivity index (χ4n) is 2.28. The van der Waals surface area contributed by atoms with Gasteiger partial charge in [-0.25, -0.2) is 4.39 Å². The molecule has 1 aliphatic rings. The summed E-state index contributed by atoms with van der Waals surface area (Å²) in [4.78, 5) is 6.41. The number of benzene rings is 1. The molecule has 0 bridgehead atoms. The average Bonchev–Trinajstić information content (AvgIpc) is 2.43. The average molecular weight is 284 g/mol. The summed E-state index contributed by atoms with van der Waals surface area (Å²) in [5.74, 6) is 0.284. The van der Waals surface area contributed by atoms with Crippen LogP contribution < -0.4 is 5.73 Å². The molecule has 1 aromatic rings. The molecule has 1 saturated heterocycles. The lowest BCUT2D eigenvalue weighted by Gasteiger charge is -2.27. The summed E-state index contributed by atoms with van der Waals surface area (Å²) in [6.45, 7) is 2.40. The van der Waals surface area contributed by atoms with Crippen LogP contribution in [-0.2, 0) is 6.42 Å². The first-order chi connectivity index (χ1) is 9.18. The highest BCUT2D eigenvalue weighted by molar-refractivity contribution is 6.31. The third-order valence-electron chi connectivity index (χ3n) is 3.38. The molecule has 2 rings (SSSR count). The Morgan fingerprint density at radius 2 is 2.05 bits per heavy atom. The zero-order chi connectivity index (χ0) is 13.7. The third-order valence-corrected chi connectivity index (χ3v) is 3.73. The van der Waals surface area contributed by atoms with Gasteiger partial charge in [0.25, 0.3) is 0 Å². The molecule has 1 heterocycles. The van der Waals surface area contributed by atoms with E-state index in [1.54, 1.807) is 12.1 Å². The van der Waals surface area contributed by atoms with Gasteiger partial charge in [-0.1, -0.05) is 17.7 Å². The van der Waals surface area contributed by atoms with Crippen LogP contribution >= 0.6 is 11.6 Å². The van der Waals surface area contributed by atoms with E-state index in [0.29, 0.717) is 29.5 Å². The van der Waals surface area contributed by atoms with E-state index >= 15 is 0 Å². The molecule has 0 radical (unpaired) electrons. The first-order valence-corrected chi connectivity index (χ1v) is 7.04. The highest BCUT2D eigenvalue weighted by Gasteiger charge is 2.12. The Kier molecular flexibility index (Phi) is 5.02. The van der Waals surface area contributed by atoms with E-state index in [1.165, 1.54) is 12.5 Å². The molecular weight excluding hydrogens is 265 g/mol. The number of aliphatic imine (C=N–C) groups is 1. The molecule has 3 nitrogen and oxygen atoms in total. The van der Waals surface area contributed by atoms with E-state index in [9.17, 15) is 4.39 Å². The normalized spacial score (nSPS) is 16.7. The molecule has 19 heavy (non-hydrogen) atoms. The first-order valence-electron chi connectivity index (χ1n) is 6.66. The molecule has 0 aliphatic carbocycles. The Balaban J connectivity index is 1.91. The minimum Gasteiger partial charge on any atom is -0.370 e. The van der Waals surface area contributed by atoms with Gasteiger partial charge in [0.05, 0.1) is 0 Å². The van der Waals surface area contributed by atoms with Gasteiger partial charge in [0.2, 0.25) is 0 Å². The van der Waals surface area contributed by atoms with Crippen molar-refractivity contribution in [3.63, 3.8) is 0 Å². The smallest absolute Gasteiger partial charge is 0.191 e. The largest absolute Gasteiger partial charge is 0.370 e. The number of nitrogens with zero attached hydrogens (tertiary/aromatic N) is 2. The summed E-state index contributed by atoms with van der Waals surface area (Å²) in [6.07, 6.45) is 4.05. The van der Waals surface area contributed by atoms with Gasteiger partial charge in [-0.2, -0.15) is 0 Å². The second kappa shape index (κ2) is 6.75. The maximum atomic E-state index is 13.6. The Morgan fingerprint density at radius 3 is 2.74 bits per heavy atom. The van der Waals surface area contributed by atoms with Crippen LogP contribution in [0.5, 0.6) is 0 Å². The van der Waals surface area contributed by atoms with Crippen molar-refractivity contribution >= 4 is 17.6 Å². The number of piperidine rings is 1. The zero-order valence-electron chi connectivity index (χ0n) is 10.9. The van der Waals surface area contributed by atoms with E-state index in [-0.39, 0.29) is 5.82 Å². The molecule has 5 heteroatoms. The second-order valence-electron chi connectivity index (χ2n) is 4.74. The number of halogens is 2. The lowest BCUT2D eigenvalue weighted by atomic mass is 10.1. The standard InChI is InChI=1S/C14H19ClFN3/c15-12-5-4-6-13(16)11(12)7-8-18-14(17)19-9-2-1-3-10-19/h4-6H,1-3,7-10H2,(H2,17,18). The molecule has 1 aliphatic heterocycles. The Labute approximate surface area is 118 Å². The maximum absolute atomic E-state index is 13.6. The lowest BCUT2D eigenvalue weighted by Crippen LogP contribution is -2.41. The van der Waals surface area contributed by atoms with Crippen molar-refractivity contribution in [1.29, 1.82) is 0 Å². The monoisotopic (exact) mass is 283 g/mol. The van der Waals surface area contributed by atoms with Crippen molar-refractivity contribution < 1.29 is 4.39 Å². The topological polar surface area (TPSA) is 41.6 Å². The van der Waals surface area contributed by atoms with E-state index in [2.05, 4.69) is 9.89 Å². The summed E-state index contributed by atoms with van der Waals surface area (Å²) < 4.78 is 13.6. The fourth-order valence-corrected chi connectivity index (χ4v) is 2.53. The van der Waals surface area contributed by atoms with E-state index < -0.39 is 0 Å². The molecule has 0 aromatic heterocycles. The predicted molar refractivity (Wildman–Crippen MR) is 77.0 cm³/mol. The quantitative estimate of drug-likeness (QED) is 0.685. The van der Waals surface area contributed by atoms with Crippen LogP contribution in [0.15, 0.2) is 23.2 Å². The summed E-state index contributed by atoms with van der Waals surface area (Å²) in [7, 11) is 0. The minimum absolute atomic E-state index is 0.278. The van der Waals surface area contributed by atoms with Gasteiger partial charge >= 0.3 is 0 Å². The number of rotatable bonds is 3. The lowest BCUT2D eigenvalue weighted by molar-refractivity contribution is 0.338. The molecule has 1 fully saturated rings. The first kappa shape index (κ1) is 14.1. The number of hydrogen-bond acceptors (Lipinski definition) is 1. The molecule has 0 spiro atoms. The highest BCUT2D eigenvalue weighted by Crippen LogP contribution is 2.19. The van der Waals surface area contributed by atoms with Crippen LogP contribution in [0.25, 0.3) is 0 Å². The SMILES string of the molecule is NC(=NCCc1c(F)cccc1Cl)N1CCCCC1. The summed E-state index contributed by atoms with van der Waals surface area (Å²) in [6, 6.07) is 4.71. The Morgan fingerprint density at radius 1 is 1.32 bits per heavy atom. The molecule has 1 aromatic carbocycles. The molecule has 0 atom stereocenters. The predicted octanol–water partition coefficient (Wildman–Crippen LogP) is 2.82. The third kappa shape index (κ3) is 3.83. The van der Waals surface area contributed by atoms with Crippen LogP contribution in [-0.4, -0.2) is 30.5 Å². The van der Waals surface area contributed by atoms with Crippen molar-refractivity contribution in [2.24, 2.45) is 10.7 Å². The van der Waals surface area contributed by atoms with Gasteiger partial charge in [-0.15, -0.1) is 0 Å². The fraction of sp³-hybridized carbons (Fsp3) is 0.500. The van der Waals surface area contributed by atoms with Crippen LogP contribution in [0.3, 0.4) is 0 Å².